The third-order valence-corrected chi connectivity index (χ3v) is 5.61. The van der Waals surface area contributed by atoms with Gasteiger partial charge in [-0.3, -0.25) is 4.79 Å². The number of nitrogens with zero attached hydrogens (tertiary/aromatic N) is 2. The van der Waals surface area contributed by atoms with Gasteiger partial charge in [-0.15, -0.1) is 0 Å². The highest BCUT2D eigenvalue weighted by molar-refractivity contribution is 6.00. The zero-order valence-corrected chi connectivity index (χ0v) is 18.9. The Kier molecular flexibility index (Phi) is 7.39. The van der Waals surface area contributed by atoms with Crippen LogP contribution in [0.4, 0.5) is 5.69 Å². The number of nitrogens with one attached hydrogen (secondary N) is 1. The lowest BCUT2D eigenvalue weighted by Crippen LogP contribution is -2.35. The number of anilines is 1. The van der Waals surface area contributed by atoms with Crippen molar-refractivity contribution in [3.8, 4) is 17.4 Å². The molecule has 0 spiro atoms. The van der Waals surface area contributed by atoms with Gasteiger partial charge in [0.25, 0.3) is 0 Å². The summed E-state index contributed by atoms with van der Waals surface area (Å²) < 4.78 is 11.9. The number of hydrogen-bond acceptors (Lipinski definition) is 6. The average Bonchev–Trinajstić information content (AvgIpc) is 2.83. The molecule has 1 aliphatic heterocycles. The molecule has 176 valence electrons. The standard InChI is InChI=1S/C26H27N3O5/c1-29-14-12-21(13-15-29)33-19-7-9-20(10-8-19)34-25-11-6-18(17-27-25)16-24(30)28-23-5-3-2-4-22(23)26(31)32/h2-11,17,21H,12-16H2,1H3,(H,28,30)(H,31,32). The number of para-hydroxylation sites is 1. The summed E-state index contributed by atoms with van der Waals surface area (Å²) in [6, 6.07) is 17.2. The molecule has 8 nitrogen and oxygen atoms in total. The first-order valence-corrected chi connectivity index (χ1v) is 11.2. The Morgan fingerprint density at radius 1 is 1.03 bits per heavy atom. The summed E-state index contributed by atoms with van der Waals surface area (Å²) in [5.41, 5.74) is 0.983. The number of aromatic nitrogens is 1. The van der Waals surface area contributed by atoms with E-state index in [2.05, 4.69) is 22.2 Å². The van der Waals surface area contributed by atoms with Gasteiger partial charge in [0.15, 0.2) is 0 Å². The Labute approximate surface area is 198 Å². The number of carbonyl (C=O) groups excluding carboxylic acids is 1. The van der Waals surface area contributed by atoms with Crippen molar-refractivity contribution >= 4 is 17.6 Å². The topological polar surface area (TPSA) is 101 Å². The number of pyridine rings is 1. The minimum absolute atomic E-state index is 0.0421. The van der Waals surface area contributed by atoms with Crippen molar-refractivity contribution in [2.24, 2.45) is 0 Å². The smallest absolute Gasteiger partial charge is 0.337 e. The molecule has 0 radical (unpaired) electrons. The van der Waals surface area contributed by atoms with Crippen LogP contribution in [0.5, 0.6) is 17.4 Å². The molecule has 1 saturated heterocycles. The first-order valence-electron chi connectivity index (χ1n) is 11.2. The lowest BCUT2D eigenvalue weighted by molar-refractivity contribution is -0.115. The molecule has 1 fully saturated rings. The molecule has 0 saturated carbocycles. The van der Waals surface area contributed by atoms with Crippen LogP contribution in [-0.2, 0) is 11.2 Å². The Hall–Kier alpha value is -3.91. The molecule has 34 heavy (non-hydrogen) atoms. The number of benzene rings is 2. The molecule has 1 aromatic heterocycles. The Balaban J connectivity index is 1.29. The van der Waals surface area contributed by atoms with E-state index in [1.807, 2.05) is 24.3 Å². The van der Waals surface area contributed by atoms with Gasteiger partial charge in [0, 0.05) is 25.4 Å². The first-order chi connectivity index (χ1) is 16.5. The van der Waals surface area contributed by atoms with Crippen LogP contribution in [0.3, 0.4) is 0 Å². The second-order valence-electron chi connectivity index (χ2n) is 8.27. The molecular weight excluding hydrogens is 434 g/mol. The Morgan fingerprint density at radius 3 is 2.41 bits per heavy atom. The molecule has 2 aromatic carbocycles. The first kappa shape index (κ1) is 23.3. The Morgan fingerprint density at radius 2 is 1.74 bits per heavy atom. The van der Waals surface area contributed by atoms with E-state index < -0.39 is 5.97 Å². The van der Waals surface area contributed by atoms with Crippen LogP contribution in [0.15, 0.2) is 66.9 Å². The summed E-state index contributed by atoms with van der Waals surface area (Å²) >= 11 is 0. The zero-order chi connectivity index (χ0) is 23.9. The number of piperidine rings is 1. The van der Waals surface area contributed by atoms with Gasteiger partial charge in [0.2, 0.25) is 11.8 Å². The third kappa shape index (κ3) is 6.32. The van der Waals surface area contributed by atoms with Crippen LogP contribution in [0.2, 0.25) is 0 Å². The minimum Gasteiger partial charge on any atom is -0.490 e. The lowest BCUT2D eigenvalue weighted by Gasteiger charge is -2.29. The van der Waals surface area contributed by atoms with E-state index in [1.54, 1.807) is 36.5 Å². The summed E-state index contributed by atoms with van der Waals surface area (Å²) in [6.07, 6.45) is 3.91. The predicted octanol–water partition coefficient (Wildman–Crippen LogP) is 4.23. The maximum Gasteiger partial charge on any atom is 0.337 e. The summed E-state index contributed by atoms with van der Waals surface area (Å²) in [4.78, 5) is 30.2. The SMILES string of the molecule is CN1CCC(Oc2ccc(Oc3ccc(CC(=O)Nc4ccccc4C(=O)O)cn3)cc2)CC1. The van der Waals surface area contributed by atoms with Crippen molar-refractivity contribution in [2.45, 2.75) is 25.4 Å². The molecule has 1 amide bonds. The molecule has 0 bridgehead atoms. The van der Waals surface area contributed by atoms with Crippen LogP contribution in [-0.4, -0.2) is 53.1 Å². The predicted molar refractivity (Wildman–Crippen MR) is 128 cm³/mol. The van der Waals surface area contributed by atoms with Crippen LogP contribution < -0.4 is 14.8 Å². The number of likely N-dealkylation sites (tertiary alicyclic amines) is 1. The molecule has 4 rings (SSSR count). The van der Waals surface area contributed by atoms with E-state index in [0.29, 0.717) is 17.2 Å². The number of amides is 1. The molecule has 0 unspecified atom stereocenters. The van der Waals surface area contributed by atoms with Gasteiger partial charge in [0.1, 0.15) is 17.6 Å². The molecule has 2 N–H and O–H groups in total. The number of carbonyl (C=O) groups is 2. The van der Waals surface area contributed by atoms with Gasteiger partial charge in [-0.25, -0.2) is 9.78 Å². The van der Waals surface area contributed by atoms with Crippen LogP contribution in [0.25, 0.3) is 0 Å². The highest BCUT2D eigenvalue weighted by atomic mass is 16.5. The van der Waals surface area contributed by atoms with Crippen LogP contribution in [0, 0.1) is 0 Å². The fourth-order valence-corrected chi connectivity index (χ4v) is 3.74. The summed E-state index contributed by atoms with van der Waals surface area (Å²) in [5.74, 6) is 0.439. The molecule has 8 heteroatoms. The number of ether oxygens (including phenoxy) is 2. The number of hydrogen-bond donors (Lipinski definition) is 2. The quantitative estimate of drug-likeness (QED) is 0.518. The highest BCUT2D eigenvalue weighted by Crippen LogP contribution is 2.25. The monoisotopic (exact) mass is 461 g/mol. The normalized spacial score (nSPS) is 14.4. The lowest BCUT2D eigenvalue weighted by atomic mass is 10.1. The number of aromatic carboxylic acids is 1. The van der Waals surface area contributed by atoms with E-state index in [-0.39, 0.29) is 29.7 Å². The van der Waals surface area contributed by atoms with Crippen molar-refractivity contribution in [3.05, 3.63) is 78.0 Å². The van der Waals surface area contributed by atoms with Gasteiger partial charge >= 0.3 is 5.97 Å². The van der Waals surface area contributed by atoms with Crippen molar-refractivity contribution in [1.82, 2.24) is 9.88 Å². The molecular formula is C26H27N3O5. The van der Waals surface area contributed by atoms with E-state index in [4.69, 9.17) is 9.47 Å². The van der Waals surface area contributed by atoms with Crippen molar-refractivity contribution in [1.29, 1.82) is 0 Å². The number of carboxylic acids is 1. The molecule has 0 atom stereocenters. The van der Waals surface area contributed by atoms with Gasteiger partial charge in [-0.2, -0.15) is 0 Å². The fourth-order valence-electron chi connectivity index (χ4n) is 3.74. The number of rotatable bonds is 8. The second kappa shape index (κ2) is 10.8. The maximum atomic E-state index is 12.3. The fraction of sp³-hybridized carbons (Fsp3) is 0.269. The van der Waals surface area contributed by atoms with Crippen LogP contribution in [0.1, 0.15) is 28.8 Å². The number of carboxylic acid groups (broad SMARTS) is 1. The molecule has 3 aromatic rings. The van der Waals surface area contributed by atoms with E-state index >= 15 is 0 Å². The summed E-state index contributed by atoms with van der Waals surface area (Å²) in [6.45, 7) is 2.09. The Bertz CT molecular complexity index is 1120. The van der Waals surface area contributed by atoms with E-state index in [9.17, 15) is 14.7 Å². The van der Waals surface area contributed by atoms with Gasteiger partial charge < -0.3 is 24.8 Å². The van der Waals surface area contributed by atoms with Crippen molar-refractivity contribution < 1.29 is 24.2 Å². The van der Waals surface area contributed by atoms with Crippen molar-refractivity contribution in [3.63, 3.8) is 0 Å². The van der Waals surface area contributed by atoms with E-state index in [1.165, 1.54) is 6.07 Å². The summed E-state index contributed by atoms with van der Waals surface area (Å²) in [7, 11) is 2.12. The minimum atomic E-state index is -1.10. The average molecular weight is 462 g/mol. The van der Waals surface area contributed by atoms with Crippen molar-refractivity contribution in [2.75, 3.05) is 25.5 Å². The van der Waals surface area contributed by atoms with Gasteiger partial charge in [0.05, 0.1) is 17.7 Å². The zero-order valence-electron chi connectivity index (χ0n) is 18.9. The van der Waals surface area contributed by atoms with Gasteiger partial charge in [-0.1, -0.05) is 18.2 Å². The largest absolute Gasteiger partial charge is 0.490 e. The maximum absolute atomic E-state index is 12.3. The third-order valence-electron chi connectivity index (χ3n) is 5.61. The molecule has 1 aliphatic rings. The highest BCUT2D eigenvalue weighted by Gasteiger charge is 2.18. The van der Waals surface area contributed by atoms with E-state index in [0.717, 1.165) is 31.7 Å². The van der Waals surface area contributed by atoms with Crippen LogP contribution >= 0.6 is 0 Å². The van der Waals surface area contributed by atoms with Gasteiger partial charge in [-0.05, 0) is 61.9 Å². The molecule has 2 heterocycles. The second-order valence-corrected chi connectivity index (χ2v) is 8.27. The summed E-state index contributed by atoms with van der Waals surface area (Å²) in [5, 5.41) is 11.9. The molecule has 0 aliphatic carbocycles.